The largest absolute Gasteiger partial charge is 0.313 e. The van der Waals surface area contributed by atoms with E-state index in [-0.39, 0.29) is 5.41 Å². The second-order valence-corrected chi connectivity index (χ2v) is 6.16. The second-order valence-electron chi connectivity index (χ2n) is 6.16. The lowest BCUT2D eigenvalue weighted by Crippen LogP contribution is -2.19. The van der Waals surface area contributed by atoms with Gasteiger partial charge in [0.2, 0.25) is 0 Å². The molecule has 0 bridgehead atoms. The Morgan fingerprint density at radius 3 is 2.56 bits per heavy atom. The summed E-state index contributed by atoms with van der Waals surface area (Å²) in [6.45, 7) is 11.0. The molecule has 0 aliphatic heterocycles. The normalized spacial score (nSPS) is 12.1. The van der Waals surface area contributed by atoms with E-state index in [1.165, 1.54) is 36.9 Å². The van der Waals surface area contributed by atoms with E-state index in [0.29, 0.717) is 0 Å². The lowest BCUT2D eigenvalue weighted by atomic mass is 9.89. The quantitative estimate of drug-likeness (QED) is 0.753. The lowest BCUT2D eigenvalue weighted by molar-refractivity contribution is 0.540. The molecule has 0 aliphatic carbocycles. The maximum atomic E-state index is 4.59. The van der Waals surface area contributed by atoms with Crippen LogP contribution in [-0.2, 0) is 19.0 Å². The van der Waals surface area contributed by atoms with Gasteiger partial charge in [-0.1, -0.05) is 47.0 Å². The van der Waals surface area contributed by atoms with Gasteiger partial charge in [-0.05, 0) is 13.0 Å². The van der Waals surface area contributed by atoms with Crippen LogP contribution < -0.4 is 5.32 Å². The van der Waals surface area contributed by atoms with Crippen LogP contribution in [0, 0.1) is 0 Å². The smallest absolute Gasteiger partial charge is 0.0722 e. The maximum absolute atomic E-state index is 4.59. The molecule has 1 heterocycles. The molecule has 18 heavy (non-hydrogen) atoms. The summed E-state index contributed by atoms with van der Waals surface area (Å²) in [5, 5.41) is 8.12. The van der Waals surface area contributed by atoms with Crippen molar-refractivity contribution in [3.05, 3.63) is 17.5 Å². The van der Waals surface area contributed by atoms with Crippen molar-refractivity contribution >= 4 is 0 Å². The van der Waals surface area contributed by atoms with Crippen molar-refractivity contribution in [3.63, 3.8) is 0 Å². The molecule has 0 amide bonds. The fraction of sp³-hybridized carbons (Fsp3) is 0.800. The highest BCUT2D eigenvalue weighted by Gasteiger charge is 2.21. The van der Waals surface area contributed by atoms with Crippen molar-refractivity contribution in [1.29, 1.82) is 0 Å². The summed E-state index contributed by atoms with van der Waals surface area (Å²) in [4.78, 5) is 0. The number of nitrogens with one attached hydrogen (secondary N) is 1. The predicted molar refractivity (Wildman–Crippen MR) is 77.8 cm³/mol. The van der Waals surface area contributed by atoms with Crippen LogP contribution in [0.2, 0.25) is 0 Å². The Labute approximate surface area is 112 Å². The highest BCUT2D eigenvalue weighted by atomic mass is 15.3. The average Bonchev–Trinajstić information content (AvgIpc) is 2.64. The molecule has 1 rings (SSSR count). The van der Waals surface area contributed by atoms with Crippen molar-refractivity contribution in [1.82, 2.24) is 15.1 Å². The molecule has 1 N–H and O–H groups in total. The number of aryl methyl sites for hydroxylation is 1. The molecule has 3 nitrogen and oxygen atoms in total. The molecular weight excluding hydrogens is 222 g/mol. The minimum absolute atomic E-state index is 0.125. The number of hydrogen-bond donors (Lipinski definition) is 1. The summed E-state index contributed by atoms with van der Waals surface area (Å²) in [6.07, 6.45) is 7.40. The number of unbranched alkanes of at least 4 members (excludes halogenated alkanes) is 3. The highest BCUT2D eigenvalue weighted by Crippen LogP contribution is 2.23. The van der Waals surface area contributed by atoms with Gasteiger partial charge in [0.15, 0.2) is 0 Å². The van der Waals surface area contributed by atoms with Crippen LogP contribution in [0.1, 0.15) is 64.6 Å². The first-order valence-corrected chi connectivity index (χ1v) is 7.19. The van der Waals surface area contributed by atoms with Gasteiger partial charge in [-0.3, -0.25) is 4.68 Å². The van der Waals surface area contributed by atoms with Gasteiger partial charge in [0.05, 0.1) is 5.69 Å². The molecule has 0 fully saturated rings. The first-order chi connectivity index (χ1) is 8.45. The summed E-state index contributed by atoms with van der Waals surface area (Å²) in [6, 6.07) is 0. The molecule has 1 aromatic heterocycles. The zero-order valence-electron chi connectivity index (χ0n) is 12.7. The Morgan fingerprint density at radius 1 is 1.22 bits per heavy atom. The van der Waals surface area contributed by atoms with E-state index in [9.17, 15) is 0 Å². The fourth-order valence-corrected chi connectivity index (χ4v) is 2.20. The van der Waals surface area contributed by atoms with E-state index >= 15 is 0 Å². The van der Waals surface area contributed by atoms with Crippen LogP contribution in [0.5, 0.6) is 0 Å². The Balaban J connectivity index is 2.42. The maximum Gasteiger partial charge on any atom is 0.0722 e. The molecule has 0 saturated carbocycles. The van der Waals surface area contributed by atoms with Crippen LogP contribution in [0.25, 0.3) is 0 Å². The molecule has 0 aromatic carbocycles. The topological polar surface area (TPSA) is 29.9 Å². The van der Waals surface area contributed by atoms with E-state index in [4.69, 9.17) is 0 Å². The zero-order valence-corrected chi connectivity index (χ0v) is 12.7. The van der Waals surface area contributed by atoms with Gasteiger partial charge in [0.1, 0.15) is 0 Å². The van der Waals surface area contributed by atoms with E-state index < -0.39 is 0 Å². The first kappa shape index (κ1) is 15.2. The minimum Gasteiger partial charge on any atom is -0.313 e. The van der Waals surface area contributed by atoms with E-state index in [1.807, 2.05) is 11.7 Å². The standard InChI is InChI=1S/C15H29N3/c1-6-7-8-9-10-16-11-13-12-18(5)17-14(13)15(2,3)4/h12,16H,6-11H2,1-5H3. The van der Waals surface area contributed by atoms with E-state index in [0.717, 1.165) is 13.1 Å². The monoisotopic (exact) mass is 251 g/mol. The van der Waals surface area contributed by atoms with Crippen molar-refractivity contribution < 1.29 is 0 Å². The van der Waals surface area contributed by atoms with Crippen molar-refractivity contribution in [2.75, 3.05) is 6.54 Å². The molecule has 0 unspecified atom stereocenters. The van der Waals surface area contributed by atoms with Gasteiger partial charge >= 0.3 is 0 Å². The Kier molecular flexibility index (Phi) is 5.86. The summed E-state index contributed by atoms with van der Waals surface area (Å²) in [5.74, 6) is 0. The third-order valence-electron chi connectivity index (χ3n) is 3.14. The van der Waals surface area contributed by atoms with Crippen LogP contribution >= 0.6 is 0 Å². The molecule has 0 atom stereocenters. The third kappa shape index (κ3) is 4.81. The number of nitrogens with zero attached hydrogens (tertiary/aromatic N) is 2. The number of rotatable bonds is 7. The van der Waals surface area contributed by atoms with Gasteiger partial charge in [-0.15, -0.1) is 0 Å². The molecule has 0 aliphatic rings. The van der Waals surface area contributed by atoms with Crippen molar-refractivity contribution in [2.45, 2.75) is 65.3 Å². The molecule has 0 spiro atoms. The lowest BCUT2D eigenvalue weighted by Gasteiger charge is -2.17. The second kappa shape index (κ2) is 6.93. The Bertz CT molecular complexity index is 347. The molecule has 1 aromatic rings. The summed E-state index contributed by atoms with van der Waals surface area (Å²) < 4.78 is 1.93. The molecular formula is C15H29N3. The molecule has 0 radical (unpaired) electrons. The average molecular weight is 251 g/mol. The van der Waals surface area contributed by atoms with Crippen molar-refractivity contribution in [2.24, 2.45) is 7.05 Å². The first-order valence-electron chi connectivity index (χ1n) is 7.19. The van der Waals surface area contributed by atoms with Gasteiger partial charge in [-0.25, -0.2) is 0 Å². The van der Waals surface area contributed by atoms with Crippen LogP contribution in [0.3, 0.4) is 0 Å². The molecule has 3 heteroatoms. The van der Waals surface area contributed by atoms with E-state index in [2.05, 4.69) is 44.3 Å². The highest BCUT2D eigenvalue weighted by molar-refractivity contribution is 5.23. The Morgan fingerprint density at radius 2 is 1.94 bits per heavy atom. The SMILES string of the molecule is CCCCCCNCc1cn(C)nc1C(C)(C)C. The van der Waals surface area contributed by atoms with Gasteiger partial charge in [-0.2, -0.15) is 5.10 Å². The van der Waals surface area contributed by atoms with Crippen LogP contribution in [0.15, 0.2) is 6.20 Å². The van der Waals surface area contributed by atoms with Gasteiger partial charge in [0, 0.05) is 30.8 Å². The minimum atomic E-state index is 0.125. The number of hydrogen-bond acceptors (Lipinski definition) is 2. The van der Waals surface area contributed by atoms with Crippen molar-refractivity contribution in [3.8, 4) is 0 Å². The van der Waals surface area contributed by atoms with Crippen LogP contribution in [-0.4, -0.2) is 16.3 Å². The fourth-order valence-electron chi connectivity index (χ4n) is 2.20. The van der Waals surface area contributed by atoms with E-state index in [1.54, 1.807) is 0 Å². The summed E-state index contributed by atoms with van der Waals surface area (Å²) in [7, 11) is 2.00. The van der Waals surface area contributed by atoms with Gasteiger partial charge in [0.25, 0.3) is 0 Å². The number of aromatic nitrogens is 2. The summed E-state index contributed by atoms with van der Waals surface area (Å²) >= 11 is 0. The zero-order chi connectivity index (χ0) is 13.6. The Hall–Kier alpha value is -0.830. The van der Waals surface area contributed by atoms with Crippen LogP contribution in [0.4, 0.5) is 0 Å². The summed E-state index contributed by atoms with van der Waals surface area (Å²) in [5.41, 5.74) is 2.67. The molecule has 104 valence electrons. The van der Waals surface area contributed by atoms with Gasteiger partial charge < -0.3 is 5.32 Å². The third-order valence-corrected chi connectivity index (χ3v) is 3.14. The predicted octanol–water partition coefficient (Wildman–Crippen LogP) is 3.39. The molecule has 0 saturated heterocycles.